The molecule has 0 fully saturated rings. The Morgan fingerprint density at radius 1 is 1.20 bits per heavy atom. The third kappa shape index (κ3) is 2.16. The van der Waals surface area contributed by atoms with E-state index in [-0.39, 0.29) is 5.75 Å². The van der Waals surface area contributed by atoms with Crippen LogP contribution in [0.2, 0.25) is 0 Å². The van der Waals surface area contributed by atoms with Crippen molar-refractivity contribution in [3.63, 3.8) is 0 Å². The Morgan fingerprint density at radius 2 is 2.00 bits per heavy atom. The number of nitrogens with zero attached hydrogens (tertiary/aromatic N) is 3. The van der Waals surface area contributed by atoms with Crippen molar-refractivity contribution in [3.8, 4) is 16.9 Å². The molecule has 2 aromatic heterocycles. The first-order chi connectivity index (χ1) is 9.65. The van der Waals surface area contributed by atoms with Gasteiger partial charge in [0, 0.05) is 30.1 Å². The fourth-order valence-corrected chi connectivity index (χ4v) is 2.39. The Hall–Kier alpha value is -2.63. The molecule has 0 bridgehead atoms. The van der Waals surface area contributed by atoms with Gasteiger partial charge in [-0.05, 0) is 30.5 Å². The van der Waals surface area contributed by atoms with Gasteiger partial charge in [0.2, 0.25) is 0 Å². The Morgan fingerprint density at radius 3 is 2.75 bits per heavy atom. The van der Waals surface area contributed by atoms with Gasteiger partial charge >= 0.3 is 6.09 Å². The monoisotopic (exact) mass is 271 g/mol. The molecule has 0 unspecified atom stereocenters. The number of aryl methyl sites for hydroxylation is 1. The van der Waals surface area contributed by atoms with Crippen molar-refractivity contribution in [1.29, 1.82) is 0 Å². The lowest BCUT2D eigenvalue weighted by molar-refractivity contribution is 0.201. The minimum absolute atomic E-state index is 0.0902. The lowest BCUT2D eigenvalue weighted by Crippen LogP contribution is -2.34. The van der Waals surface area contributed by atoms with Crippen LogP contribution in [0.4, 0.5) is 10.6 Å². The van der Waals surface area contributed by atoms with Gasteiger partial charge in [0.25, 0.3) is 0 Å². The summed E-state index contributed by atoms with van der Waals surface area (Å²) in [5.41, 5.74) is 2.48. The molecule has 6 heteroatoms. The van der Waals surface area contributed by atoms with Gasteiger partial charge in [-0.2, -0.15) is 0 Å². The molecule has 0 saturated carbocycles. The summed E-state index contributed by atoms with van der Waals surface area (Å²) in [5, 5.41) is 18.6. The van der Waals surface area contributed by atoms with Crippen LogP contribution in [0.3, 0.4) is 0 Å². The zero-order chi connectivity index (χ0) is 14.1. The molecular formula is C14H13N3O3. The smallest absolute Gasteiger partial charge is 0.413 e. The van der Waals surface area contributed by atoms with E-state index in [1.54, 1.807) is 18.5 Å². The minimum atomic E-state index is -0.981. The molecule has 6 nitrogen and oxygen atoms in total. The molecule has 2 N–H and O–H groups in total. The molecule has 1 amide bonds. The summed E-state index contributed by atoms with van der Waals surface area (Å²) >= 11 is 0. The highest BCUT2D eigenvalue weighted by Gasteiger charge is 2.23. The predicted octanol–water partition coefficient (Wildman–Crippen LogP) is 2.28. The fraction of sp³-hybridized carbons (Fsp3) is 0.214. The van der Waals surface area contributed by atoms with E-state index < -0.39 is 6.09 Å². The largest absolute Gasteiger partial charge is 0.506 e. The second-order valence-corrected chi connectivity index (χ2v) is 4.68. The van der Waals surface area contributed by atoms with Gasteiger partial charge in [-0.3, -0.25) is 9.88 Å². The number of carbonyl (C=O) groups is 1. The molecule has 0 radical (unpaired) electrons. The Bertz CT molecular complexity index is 672. The molecule has 102 valence electrons. The molecule has 3 rings (SSSR count). The van der Waals surface area contributed by atoms with Crippen LogP contribution >= 0.6 is 0 Å². The second kappa shape index (κ2) is 4.80. The van der Waals surface area contributed by atoms with E-state index in [0.717, 1.165) is 29.5 Å². The number of amides is 1. The lowest BCUT2D eigenvalue weighted by atomic mass is 10.0. The van der Waals surface area contributed by atoms with Gasteiger partial charge in [0.1, 0.15) is 11.6 Å². The highest BCUT2D eigenvalue weighted by molar-refractivity contribution is 5.86. The van der Waals surface area contributed by atoms with Crippen molar-refractivity contribution in [3.05, 3.63) is 36.3 Å². The molecule has 0 aromatic carbocycles. The molecule has 1 aliphatic rings. The maximum absolute atomic E-state index is 11.2. The molecule has 3 heterocycles. The fourth-order valence-electron chi connectivity index (χ4n) is 2.39. The molecule has 1 aliphatic heterocycles. The van der Waals surface area contributed by atoms with E-state index in [1.807, 2.05) is 6.07 Å². The van der Waals surface area contributed by atoms with Gasteiger partial charge in [0.15, 0.2) is 0 Å². The summed E-state index contributed by atoms with van der Waals surface area (Å²) in [6, 6.07) is 3.52. The van der Waals surface area contributed by atoms with Crippen molar-refractivity contribution in [1.82, 2.24) is 9.97 Å². The van der Waals surface area contributed by atoms with Gasteiger partial charge in [-0.15, -0.1) is 0 Å². The van der Waals surface area contributed by atoms with Crippen LogP contribution in [0.1, 0.15) is 12.0 Å². The van der Waals surface area contributed by atoms with E-state index in [9.17, 15) is 9.90 Å². The minimum Gasteiger partial charge on any atom is -0.506 e. The zero-order valence-corrected chi connectivity index (χ0v) is 10.7. The number of rotatable bonds is 1. The van der Waals surface area contributed by atoms with Crippen LogP contribution in [0.15, 0.2) is 30.7 Å². The SMILES string of the molecule is O=C(O)N1CCCc2cc(-c3cncc(O)c3)cnc21. The van der Waals surface area contributed by atoms with Crippen LogP contribution in [0.5, 0.6) is 5.75 Å². The van der Waals surface area contributed by atoms with E-state index in [1.165, 1.54) is 11.1 Å². The second-order valence-electron chi connectivity index (χ2n) is 4.68. The molecule has 0 aliphatic carbocycles. The quantitative estimate of drug-likeness (QED) is 0.831. The van der Waals surface area contributed by atoms with Crippen molar-refractivity contribution < 1.29 is 15.0 Å². The summed E-state index contributed by atoms with van der Waals surface area (Å²) in [4.78, 5) is 20.6. The third-order valence-electron chi connectivity index (χ3n) is 3.31. The van der Waals surface area contributed by atoms with Crippen molar-refractivity contribution in [2.75, 3.05) is 11.4 Å². The number of aromatic hydroxyl groups is 1. The van der Waals surface area contributed by atoms with Crippen molar-refractivity contribution in [2.24, 2.45) is 0 Å². The topological polar surface area (TPSA) is 86.5 Å². The standard InChI is InChI=1S/C14H13N3O3/c18-12-5-11(6-15-8-12)10-4-9-2-1-3-17(14(19)20)13(9)16-7-10/h4-8,18H,1-3H2,(H,19,20). The average molecular weight is 271 g/mol. The van der Waals surface area contributed by atoms with Gasteiger partial charge < -0.3 is 10.2 Å². The summed E-state index contributed by atoms with van der Waals surface area (Å²) < 4.78 is 0. The van der Waals surface area contributed by atoms with Crippen LogP contribution in [0, 0.1) is 0 Å². The summed E-state index contributed by atoms with van der Waals surface area (Å²) in [6.07, 6.45) is 5.21. The van der Waals surface area contributed by atoms with Crippen LogP contribution in [0.25, 0.3) is 11.1 Å². The number of hydrogen-bond acceptors (Lipinski definition) is 4. The number of fused-ring (bicyclic) bond motifs is 1. The van der Waals surface area contributed by atoms with Gasteiger partial charge in [-0.1, -0.05) is 0 Å². The number of aromatic nitrogens is 2. The van der Waals surface area contributed by atoms with E-state index in [4.69, 9.17) is 5.11 Å². The number of pyridine rings is 2. The Labute approximate surface area is 115 Å². The molecule has 0 saturated heterocycles. The molecule has 0 atom stereocenters. The lowest BCUT2D eigenvalue weighted by Gasteiger charge is -2.25. The number of anilines is 1. The zero-order valence-electron chi connectivity index (χ0n) is 10.7. The Kier molecular flexibility index (Phi) is 2.98. The maximum Gasteiger partial charge on any atom is 0.413 e. The predicted molar refractivity (Wildman–Crippen MR) is 72.8 cm³/mol. The Balaban J connectivity index is 2.03. The van der Waals surface area contributed by atoms with Gasteiger partial charge in [0.05, 0.1) is 6.20 Å². The van der Waals surface area contributed by atoms with Crippen LogP contribution < -0.4 is 4.90 Å². The van der Waals surface area contributed by atoms with Crippen LogP contribution in [-0.2, 0) is 6.42 Å². The number of hydrogen-bond donors (Lipinski definition) is 2. The molecule has 0 spiro atoms. The first kappa shape index (κ1) is 12.4. The first-order valence-electron chi connectivity index (χ1n) is 6.29. The third-order valence-corrected chi connectivity index (χ3v) is 3.31. The van der Waals surface area contributed by atoms with E-state index >= 15 is 0 Å². The average Bonchev–Trinajstić information content (AvgIpc) is 2.46. The highest BCUT2D eigenvalue weighted by atomic mass is 16.4. The van der Waals surface area contributed by atoms with Gasteiger partial charge in [-0.25, -0.2) is 9.78 Å². The first-order valence-corrected chi connectivity index (χ1v) is 6.29. The van der Waals surface area contributed by atoms with Crippen molar-refractivity contribution in [2.45, 2.75) is 12.8 Å². The van der Waals surface area contributed by atoms with Crippen molar-refractivity contribution >= 4 is 11.9 Å². The molecule has 2 aromatic rings. The normalized spacial score (nSPS) is 13.9. The van der Waals surface area contributed by atoms with E-state index in [0.29, 0.717) is 12.4 Å². The molecular weight excluding hydrogens is 258 g/mol. The van der Waals surface area contributed by atoms with E-state index in [2.05, 4.69) is 9.97 Å². The maximum atomic E-state index is 11.2. The number of carboxylic acid groups (broad SMARTS) is 1. The molecule has 20 heavy (non-hydrogen) atoms. The summed E-state index contributed by atoms with van der Waals surface area (Å²) in [7, 11) is 0. The summed E-state index contributed by atoms with van der Waals surface area (Å²) in [6.45, 7) is 0.475. The summed E-state index contributed by atoms with van der Waals surface area (Å²) in [5.74, 6) is 0.591. The highest BCUT2D eigenvalue weighted by Crippen LogP contribution is 2.30. The van der Waals surface area contributed by atoms with Crippen LogP contribution in [-0.4, -0.2) is 32.8 Å².